The highest BCUT2D eigenvalue weighted by molar-refractivity contribution is 6.07. The molecule has 0 radical (unpaired) electrons. The van der Waals surface area contributed by atoms with Crippen molar-refractivity contribution in [3.8, 4) is 44.9 Å². The third kappa shape index (κ3) is 5.43. The van der Waals surface area contributed by atoms with E-state index in [-0.39, 0.29) is 5.41 Å². The van der Waals surface area contributed by atoms with Crippen LogP contribution in [0, 0.1) is 0 Å². The van der Waals surface area contributed by atoms with Crippen molar-refractivity contribution in [2.75, 3.05) is 9.80 Å². The molecule has 0 aliphatic carbocycles. The summed E-state index contributed by atoms with van der Waals surface area (Å²) in [5.41, 5.74) is 16.1. The zero-order valence-corrected chi connectivity index (χ0v) is 32.4. The smallest absolute Gasteiger partial charge is 0.152 e. The maximum Gasteiger partial charge on any atom is 0.152 e. The molecule has 0 atom stereocenters. The van der Waals surface area contributed by atoms with Crippen LogP contribution in [0.25, 0.3) is 44.2 Å². The third-order valence-corrected chi connectivity index (χ3v) is 12.0. The molecule has 2 heterocycles. The summed E-state index contributed by atoms with van der Waals surface area (Å²) >= 11 is 0. The van der Waals surface area contributed by atoms with Crippen LogP contribution in [0.4, 0.5) is 34.1 Å². The summed E-state index contributed by atoms with van der Waals surface area (Å²) in [7, 11) is 0. The van der Waals surface area contributed by atoms with Crippen LogP contribution in [0.2, 0.25) is 0 Å². The number of anilines is 6. The summed E-state index contributed by atoms with van der Waals surface area (Å²) in [4.78, 5) is 4.81. The summed E-state index contributed by atoms with van der Waals surface area (Å²) in [6.45, 7) is 4.71. The van der Waals surface area contributed by atoms with Crippen LogP contribution in [0.15, 0.2) is 206 Å². The summed E-state index contributed by atoms with van der Waals surface area (Å²) in [6.07, 6.45) is 0. The molecule has 0 aromatic heterocycles. The number of nitrogens with zero attached hydrogens (tertiary/aromatic N) is 2. The molecule has 0 unspecified atom stereocenters. The Balaban J connectivity index is 1.04. The van der Waals surface area contributed by atoms with Gasteiger partial charge < -0.3 is 14.5 Å². The van der Waals surface area contributed by atoms with Crippen LogP contribution in [-0.2, 0) is 5.41 Å². The minimum absolute atomic E-state index is 0.301. The van der Waals surface area contributed by atoms with Gasteiger partial charge in [0.15, 0.2) is 11.5 Å². The van der Waals surface area contributed by atoms with Gasteiger partial charge in [-0.05, 0) is 104 Å². The second kappa shape index (κ2) is 13.4. The molecule has 2 aliphatic rings. The monoisotopic (exact) mass is 744 g/mol. The van der Waals surface area contributed by atoms with Crippen molar-refractivity contribution in [1.82, 2.24) is 0 Å². The molecular weight excluding hydrogens is 705 g/mol. The van der Waals surface area contributed by atoms with E-state index < -0.39 is 0 Å². The maximum atomic E-state index is 6.80. The van der Waals surface area contributed by atoms with Crippen LogP contribution >= 0.6 is 0 Å². The third-order valence-electron chi connectivity index (χ3n) is 12.0. The van der Waals surface area contributed by atoms with E-state index in [1.165, 1.54) is 55.4 Å². The first-order chi connectivity index (χ1) is 28.5. The Kier molecular flexibility index (Phi) is 7.84. The number of fused-ring (bicyclic) bond motifs is 6. The highest BCUT2D eigenvalue weighted by Crippen LogP contribution is 2.62. The molecule has 9 aromatic carbocycles. The molecule has 11 rings (SSSR count). The number of hydrogen-bond donors (Lipinski definition) is 0. The zero-order chi connectivity index (χ0) is 38.8. The molecule has 2 aliphatic heterocycles. The lowest BCUT2D eigenvalue weighted by molar-refractivity contribution is 0.472. The first-order valence-electron chi connectivity index (χ1n) is 20.0. The number of hydrogen-bond acceptors (Lipinski definition) is 3. The average molecular weight is 745 g/mol. The number of benzene rings is 9. The van der Waals surface area contributed by atoms with Crippen LogP contribution in [0.5, 0.6) is 11.5 Å². The summed E-state index contributed by atoms with van der Waals surface area (Å²) < 4.78 is 6.80. The Morgan fingerprint density at radius 2 is 0.897 bits per heavy atom. The van der Waals surface area contributed by atoms with Crippen molar-refractivity contribution in [2.45, 2.75) is 19.3 Å². The molecule has 58 heavy (non-hydrogen) atoms. The molecular formula is C55H40N2O. The van der Waals surface area contributed by atoms with E-state index in [9.17, 15) is 0 Å². The van der Waals surface area contributed by atoms with E-state index in [2.05, 4.69) is 230 Å². The molecule has 0 N–H and O–H groups in total. The second-order valence-electron chi connectivity index (χ2n) is 15.8. The van der Waals surface area contributed by atoms with E-state index in [0.29, 0.717) is 0 Å². The lowest BCUT2D eigenvalue weighted by atomic mass is 9.70. The minimum Gasteiger partial charge on any atom is -0.453 e. The number of para-hydroxylation sites is 1. The first-order valence-corrected chi connectivity index (χ1v) is 20.0. The van der Waals surface area contributed by atoms with Gasteiger partial charge in [-0.25, -0.2) is 0 Å². The SMILES string of the molecule is CC1(C)c2ccccc2N2c3c(ccc(-c4ccc(N(c5ccc(-c6ccccc6)cc5)c5ccc(-c6ccccc6)cc5)cc4)c31)Oc1ccc3ccccc3c12. The fourth-order valence-corrected chi connectivity index (χ4v) is 9.21. The summed E-state index contributed by atoms with van der Waals surface area (Å²) in [5.74, 6) is 1.75. The molecule has 0 amide bonds. The second-order valence-corrected chi connectivity index (χ2v) is 15.8. The predicted octanol–water partition coefficient (Wildman–Crippen LogP) is 15.5. The number of ether oxygens (including phenoxy) is 1. The molecule has 3 heteroatoms. The van der Waals surface area contributed by atoms with Crippen molar-refractivity contribution in [1.29, 1.82) is 0 Å². The Morgan fingerprint density at radius 1 is 0.414 bits per heavy atom. The molecule has 0 fully saturated rings. The van der Waals surface area contributed by atoms with E-state index >= 15 is 0 Å². The lowest BCUT2D eigenvalue weighted by Crippen LogP contribution is -2.33. The fourth-order valence-electron chi connectivity index (χ4n) is 9.21. The molecule has 0 saturated heterocycles. The first kappa shape index (κ1) is 33.9. The fraction of sp³-hybridized carbons (Fsp3) is 0.0545. The average Bonchev–Trinajstić information content (AvgIpc) is 3.29. The highest BCUT2D eigenvalue weighted by atomic mass is 16.5. The molecule has 0 bridgehead atoms. The Morgan fingerprint density at radius 3 is 1.52 bits per heavy atom. The van der Waals surface area contributed by atoms with Gasteiger partial charge in [-0.2, -0.15) is 0 Å². The molecule has 276 valence electrons. The molecule has 9 aromatic rings. The van der Waals surface area contributed by atoms with Gasteiger partial charge in [0, 0.05) is 27.9 Å². The van der Waals surface area contributed by atoms with E-state index in [4.69, 9.17) is 4.74 Å². The van der Waals surface area contributed by atoms with E-state index in [0.717, 1.165) is 45.5 Å². The quantitative estimate of drug-likeness (QED) is 0.169. The predicted molar refractivity (Wildman–Crippen MR) is 242 cm³/mol. The normalized spacial score (nSPS) is 13.2. The summed E-state index contributed by atoms with van der Waals surface area (Å²) in [5, 5.41) is 2.37. The van der Waals surface area contributed by atoms with E-state index in [1.807, 2.05) is 0 Å². The van der Waals surface area contributed by atoms with Gasteiger partial charge >= 0.3 is 0 Å². The van der Waals surface area contributed by atoms with Crippen LogP contribution in [-0.4, -0.2) is 0 Å². The van der Waals surface area contributed by atoms with Crippen LogP contribution in [0.3, 0.4) is 0 Å². The Hall–Kier alpha value is -7.36. The van der Waals surface area contributed by atoms with Gasteiger partial charge in [-0.1, -0.05) is 166 Å². The maximum absolute atomic E-state index is 6.80. The van der Waals surface area contributed by atoms with Gasteiger partial charge in [0.1, 0.15) is 0 Å². The molecule has 3 nitrogen and oxygen atoms in total. The van der Waals surface area contributed by atoms with Gasteiger partial charge in [-0.3, -0.25) is 0 Å². The highest BCUT2D eigenvalue weighted by Gasteiger charge is 2.43. The molecule has 0 saturated carbocycles. The van der Waals surface area contributed by atoms with Crippen molar-refractivity contribution >= 4 is 44.9 Å². The Labute approximate surface area is 339 Å². The standard InChI is InChI=1S/C55H40N2O/c1-55(2)48-19-11-12-20-49(48)57-53-47-18-10-9-17-41(47)27-35-50(53)58-51-36-34-46(52(55)54(51)57)42-25-32-45(33-26-42)56(43-28-21-39(22-29-43)37-13-5-3-6-14-37)44-30-23-40(24-31-44)38-15-7-4-8-16-38/h3-36H,1-2H3. The Bertz CT molecular complexity index is 2890. The largest absolute Gasteiger partial charge is 0.453 e. The van der Waals surface area contributed by atoms with Crippen molar-refractivity contribution in [3.63, 3.8) is 0 Å². The van der Waals surface area contributed by atoms with Gasteiger partial charge in [0.2, 0.25) is 0 Å². The summed E-state index contributed by atoms with van der Waals surface area (Å²) in [6, 6.07) is 74.2. The van der Waals surface area contributed by atoms with Crippen molar-refractivity contribution < 1.29 is 4.74 Å². The van der Waals surface area contributed by atoms with Gasteiger partial charge in [0.25, 0.3) is 0 Å². The molecule has 0 spiro atoms. The minimum atomic E-state index is -0.301. The van der Waals surface area contributed by atoms with Gasteiger partial charge in [0.05, 0.1) is 17.1 Å². The van der Waals surface area contributed by atoms with Gasteiger partial charge in [-0.15, -0.1) is 0 Å². The lowest BCUT2D eigenvalue weighted by Gasteiger charge is -2.46. The van der Waals surface area contributed by atoms with Crippen molar-refractivity contribution in [2.24, 2.45) is 0 Å². The van der Waals surface area contributed by atoms with Crippen molar-refractivity contribution in [3.05, 3.63) is 217 Å². The number of rotatable bonds is 6. The van der Waals surface area contributed by atoms with Crippen LogP contribution in [0.1, 0.15) is 25.0 Å². The zero-order valence-electron chi connectivity index (χ0n) is 32.4. The van der Waals surface area contributed by atoms with Crippen LogP contribution < -0.4 is 14.5 Å². The topological polar surface area (TPSA) is 15.7 Å². The van der Waals surface area contributed by atoms with E-state index in [1.54, 1.807) is 0 Å².